The maximum Gasteiger partial charge on any atom is 0.188 e. The van der Waals surface area contributed by atoms with Gasteiger partial charge in [0.05, 0.1) is 12.6 Å². The minimum Gasteiger partial charge on any atom is -0.370 e. The summed E-state index contributed by atoms with van der Waals surface area (Å²) in [6.07, 6.45) is 0.926. The molecule has 0 radical (unpaired) electrons. The van der Waals surface area contributed by atoms with Gasteiger partial charge in [-0.25, -0.2) is 8.78 Å². The normalized spacial score (nSPS) is 13.0. The average molecular weight is 412 g/mol. The average Bonchev–Trinajstić information content (AvgIpc) is 2.39. The molecule has 0 heterocycles. The molecule has 4 nitrogen and oxygen atoms in total. The summed E-state index contributed by atoms with van der Waals surface area (Å²) < 4.78 is 27.7. The zero-order valence-corrected chi connectivity index (χ0v) is 14.9. The summed E-state index contributed by atoms with van der Waals surface area (Å²) in [7, 11) is 3.50. The van der Waals surface area contributed by atoms with Crippen molar-refractivity contribution in [1.82, 2.24) is 10.2 Å². The van der Waals surface area contributed by atoms with Crippen LogP contribution in [0.2, 0.25) is 0 Å². The molecule has 120 valence electrons. The minimum absolute atomic E-state index is 0. The number of nitrogens with one attached hydrogen (secondary N) is 1. The number of likely N-dealkylation sites (N-methyl/N-ethyl adjacent to an activating group) is 1. The number of guanidine groups is 1. The van der Waals surface area contributed by atoms with Gasteiger partial charge in [-0.05, 0) is 32.6 Å². The number of hydrogen-bond acceptors (Lipinski definition) is 2. The van der Waals surface area contributed by atoms with Gasteiger partial charge >= 0.3 is 0 Å². The number of halogens is 3. The van der Waals surface area contributed by atoms with E-state index >= 15 is 0 Å². The first-order valence-corrected chi connectivity index (χ1v) is 6.61. The minimum atomic E-state index is -0.570. The Balaban J connectivity index is 0.00000400. The van der Waals surface area contributed by atoms with Crippen molar-refractivity contribution in [3.8, 4) is 0 Å². The van der Waals surface area contributed by atoms with Gasteiger partial charge in [0.15, 0.2) is 5.96 Å². The van der Waals surface area contributed by atoms with Gasteiger partial charge in [0.2, 0.25) is 0 Å². The lowest BCUT2D eigenvalue weighted by molar-refractivity contribution is 0.290. The van der Waals surface area contributed by atoms with Crippen molar-refractivity contribution in [2.45, 2.75) is 19.4 Å². The van der Waals surface area contributed by atoms with Crippen LogP contribution in [0.4, 0.5) is 8.78 Å². The highest BCUT2D eigenvalue weighted by Gasteiger charge is 2.21. The number of nitrogens with zero attached hydrogens (tertiary/aromatic N) is 2. The molecule has 1 unspecified atom stereocenters. The lowest BCUT2D eigenvalue weighted by atomic mass is 10.0. The first-order chi connectivity index (χ1) is 9.47. The van der Waals surface area contributed by atoms with Crippen LogP contribution in [0.15, 0.2) is 23.2 Å². The molecule has 3 N–H and O–H groups in total. The molecule has 1 atom stereocenters. The van der Waals surface area contributed by atoms with Gasteiger partial charge in [-0.3, -0.25) is 4.99 Å². The van der Waals surface area contributed by atoms with E-state index in [-0.39, 0.29) is 42.0 Å². The summed E-state index contributed by atoms with van der Waals surface area (Å²) in [5.74, 6) is -0.853. The van der Waals surface area contributed by atoms with E-state index in [9.17, 15) is 8.78 Å². The summed E-state index contributed by atoms with van der Waals surface area (Å²) in [6.45, 7) is 2.92. The number of hydrogen-bond donors (Lipinski definition) is 2. The van der Waals surface area contributed by atoms with Crippen molar-refractivity contribution < 1.29 is 8.78 Å². The molecule has 1 rings (SSSR count). The Morgan fingerprint density at radius 1 is 1.33 bits per heavy atom. The Hall–Kier alpha value is -0.960. The van der Waals surface area contributed by atoms with E-state index in [1.807, 2.05) is 6.92 Å². The molecule has 0 saturated carbocycles. The van der Waals surface area contributed by atoms with Crippen LogP contribution in [0.5, 0.6) is 0 Å². The summed E-state index contributed by atoms with van der Waals surface area (Å²) in [5.41, 5.74) is 5.71. The molecule has 0 aliphatic carbocycles. The highest BCUT2D eigenvalue weighted by Crippen LogP contribution is 2.24. The molecule has 0 amide bonds. The Labute approximate surface area is 141 Å². The lowest BCUT2D eigenvalue weighted by Crippen LogP contribution is -2.33. The van der Waals surface area contributed by atoms with Crippen LogP contribution >= 0.6 is 24.0 Å². The highest BCUT2D eigenvalue weighted by atomic mass is 127. The smallest absolute Gasteiger partial charge is 0.188 e. The molecule has 0 saturated heterocycles. The fourth-order valence-corrected chi connectivity index (χ4v) is 1.84. The number of benzene rings is 1. The third-order valence-electron chi connectivity index (χ3n) is 2.95. The first kappa shape index (κ1) is 20.0. The van der Waals surface area contributed by atoms with Gasteiger partial charge in [0, 0.05) is 12.1 Å². The van der Waals surface area contributed by atoms with Crippen LogP contribution in [0.25, 0.3) is 0 Å². The fraction of sp³-hybridized carbons (Fsp3) is 0.500. The van der Waals surface area contributed by atoms with E-state index in [0.717, 1.165) is 13.0 Å². The predicted molar refractivity (Wildman–Crippen MR) is 93.0 cm³/mol. The number of rotatable bonds is 6. The maximum absolute atomic E-state index is 13.8. The van der Waals surface area contributed by atoms with E-state index in [1.165, 1.54) is 18.2 Å². The van der Waals surface area contributed by atoms with E-state index < -0.39 is 17.7 Å². The SMILES string of the molecule is CCCNC(N)=NCC(c1c(F)cccc1F)N(C)C.I. The highest BCUT2D eigenvalue weighted by molar-refractivity contribution is 14.0. The Bertz CT molecular complexity index is 446. The van der Waals surface area contributed by atoms with Crippen LogP contribution < -0.4 is 11.1 Å². The van der Waals surface area contributed by atoms with Gasteiger partial charge in [0.1, 0.15) is 11.6 Å². The van der Waals surface area contributed by atoms with Gasteiger partial charge in [0.25, 0.3) is 0 Å². The first-order valence-electron chi connectivity index (χ1n) is 6.61. The second kappa shape index (κ2) is 9.88. The van der Waals surface area contributed by atoms with Gasteiger partial charge < -0.3 is 16.0 Å². The number of nitrogens with two attached hydrogens (primary N) is 1. The lowest BCUT2D eigenvalue weighted by Gasteiger charge is -2.24. The molecule has 7 heteroatoms. The molecule has 1 aromatic rings. The summed E-state index contributed by atoms with van der Waals surface area (Å²) in [4.78, 5) is 5.87. The zero-order valence-electron chi connectivity index (χ0n) is 12.6. The quantitative estimate of drug-likeness (QED) is 0.429. The molecule has 0 aliphatic rings. The van der Waals surface area contributed by atoms with Crippen molar-refractivity contribution in [3.05, 3.63) is 35.4 Å². The zero-order chi connectivity index (χ0) is 15.1. The molecule has 21 heavy (non-hydrogen) atoms. The van der Waals surface area contributed by atoms with E-state index in [4.69, 9.17) is 5.73 Å². The predicted octanol–water partition coefficient (Wildman–Crippen LogP) is 2.50. The van der Waals surface area contributed by atoms with Gasteiger partial charge in [-0.15, -0.1) is 24.0 Å². The van der Waals surface area contributed by atoms with Crippen molar-refractivity contribution >= 4 is 29.9 Å². The second-order valence-corrected chi connectivity index (χ2v) is 4.77. The van der Waals surface area contributed by atoms with Crippen LogP contribution in [0.1, 0.15) is 24.9 Å². The molecule has 0 fully saturated rings. The van der Waals surface area contributed by atoms with Crippen molar-refractivity contribution in [3.63, 3.8) is 0 Å². The standard InChI is InChI=1S/C14H22F2N4.HI/c1-4-8-18-14(17)19-9-12(20(2)3)13-10(15)6-5-7-11(13)16;/h5-7,12H,4,8-9H2,1-3H3,(H3,17,18,19);1H. The largest absolute Gasteiger partial charge is 0.370 e. The molecular weight excluding hydrogens is 389 g/mol. The molecule has 0 bridgehead atoms. The second-order valence-electron chi connectivity index (χ2n) is 4.77. The molecule has 0 aliphatic heterocycles. The summed E-state index contributed by atoms with van der Waals surface area (Å²) >= 11 is 0. The van der Waals surface area contributed by atoms with Crippen LogP contribution in [0.3, 0.4) is 0 Å². The van der Waals surface area contributed by atoms with E-state index in [1.54, 1.807) is 19.0 Å². The Kier molecular flexibility index (Phi) is 9.43. The molecular formula is C14H23F2IN4. The van der Waals surface area contributed by atoms with Crippen molar-refractivity contribution in [1.29, 1.82) is 0 Å². The number of aliphatic imine (C=N–C) groups is 1. The van der Waals surface area contributed by atoms with Crippen molar-refractivity contribution in [2.75, 3.05) is 27.2 Å². The summed E-state index contributed by atoms with van der Waals surface area (Å²) in [6, 6.07) is 3.34. The third-order valence-corrected chi connectivity index (χ3v) is 2.95. The fourth-order valence-electron chi connectivity index (χ4n) is 1.84. The molecule has 1 aromatic carbocycles. The molecule has 0 aromatic heterocycles. The van der Waals surface area contributed by atoms with Crippen LogP contribution in [0, 0.1) is 11.6 Å². The van der Waals surface area contributed by atoms with Gasteiger partial charge in [-0.2, -0.15) is 0 Å². The summed E-state index contributed by atoms with van der Waals surface area (Å²) in [5, 5.41) is 2.93. The topological polar surface area (TPSA) is 53.6 Å². The van der Waals surface area contributed by atoms with E-state index in [2.05, 4.69) is 10.3 Å². The van der Waals surface area contributed by atoms with Crippen LogP contribution in [-0.2, 0) is 0 Å². The molecule has 0 spiro atoms. The van der Waals surface area contributed by atoms with Crippen molar-refractivity contribution in [2.24, 2.45) is 10.7 Å². The Morgan fingerprint density at radius 3 is 2.38 bits per heavy atom. The Morgan fingerprint density at radius 2 is 1.90 bits per heavy atom. The van der Waals surface area contributed by atoms with E-state index in [0.29, 0.717) is 0 Å². The monoisotopic (exact) mass is 412 g/mol. The maximum atomic E-state index is 13.8. The van der Waals surface area contributed by atoms with Crippen LogP contribution in [-0.4, -0.2) is 38.0 Å². The van der Waals surface area contributed by atoms with Gasteiger partial charge in [-0.1, -0.05) is 13.0 Å². The third kappa shape index (κ3) is 6.13.